The molecule has 242 valence electrons. The molecule has 7 N–H and O–H groups in total. The van der Waals surface area contributed by atoms with Crippen molar-refractivity contribution in [1.82, 2.24) is 0 Å². The van der Waals surface area contributed by atoms with Gasteiger partial charge in [0.2, 0.25) is 6.29 Å². The molecular weight excluding hydrogens is 604 g/mol. The fourth-order valence-electron chi connectivity index (χ4n) is 5.46. The number of aromatic hydroxyl groups is 3. The quantitative estimate of drug-likeness (QED) is 0.161. The second-order valence-electron chi connectivity index (χ2n) is 11.1. The Morgan fingerprint density at radius 2 is 1.72 bits per heavy atom. The molecule has 14 nitrogen and oxygen atoms in total. The minimum atomic E-state index is -1.54. The van der Waals surface area contributed by atoms with Crippen molar-refractivity contribution in [3.05, 3.63) is 76.1 Å². The molecule has 0 radical (unpaired) electrons. The lowest BCUT2D eigenvalue weighted by Gasteiger charge is -2.47. The standard InChI is InChI=1S/C32H32N2O12/c1-14-21(43-30-24(38)26(45-31(33)41)27(42-4)32(2,3)46-30)11-10-16-23(37)22(29(40)44-25(14)16)34-28(39)18-12-17(19(35)13-20(18)36)15-8-6-5-7-9-15/h5-13,24,26-27,30,35-38H,1-4H3,(H2,33,41)(H,34,39)/t24-,26+,27-,30-/m1/s1. The van der Waals surface area contributed by atoms with Crippen LogP contribution in [0.2, 0.25) is 0 Å². The van der Waals surface area contributed by atoms with E-state index < -0.39 is 65.0 Å². The summed E-state index contributed by atoms with van der Waals surface area (Å²) < 4.78 is 27.8. The van der Waals surface area contributed by atoms with Gasteiger partial charge in [0.25, 0.3) is 5.91 Å². The smallest absolute Gasteiger partial charge is 0.404 e. The van der Waals surface area contributed by atoms with Crippen molar-refractivity contribution >= 4 is 28.7 Å². The first-order valence-corrected chi connectivity index (χ1v) is 14.0. The van der Waals surface area contributed by atoms with Crippen molar-refractivity contribution in [2.45, 2.75) is 51.0 Å². The largest absolute Gasteiger partial charge is 0.507 e. The van der Waals surface area contributed by atoms with Gasteiger partial charge in [-0.15, -0.1) is 0 Å². The minimum Gasteiger partial charge on any atom is -0.507 e. The van der Waals surface area contributed by atoms with Gasteiger partial charge >= 0.3 is 11.7 Å². The molecule has 0 aliphatic carbocycles. The molecule has 2 heterocycles. The van der Waals surface area contributed by atoms with E-state index in [1.165, 1.54) is 32.2 Å². The summed E-state index contributed by atoms with van der Waals surface area (Å²) in [6.45, 7) is 4.80. The lowest BCUT2D eigenvalue weighted by atomic mass is 9.89. The number of hydrogen-bond acceptors (Lipinski definition) is 12. The summed E-state index contributed by atoms with van der Waals surface area (Å²) in [5.74, 6) is -2.33. The van der Waals surface area contributed by atoms with E-state index in [-0.39, 0.29) is 39.2 Å². The molecule has 0 spiro atoms. The van der Waals surface area contributed by atoms with Gasteiger partial charge in [-0.3, -0.25) is 4.79 Å². The van der Waals surface area contributed by atoms with Crippen molar-refractivity contribution in [2.24, 2.45) is 5.73 Å². The van der Waals surface area contributed by atoms with Crippen LogP contribution in [-0.4, -0.2) is 69.7 Å². The van der Waals surface area contributed by atoms with Gasteiger partial charge in [-0.2, -0.15) is 0 Å². The van der Waals surface area contributed by atoms with Crippen LogP contribution in [-0.2, 0) is 14.2 Å². The average Bonchev–Trinajstić information content (AvgIpc) is 2.99. The van der Waals surface area contributed by atoms with Gasteiger partial charge in [0.05, 0.1) is 16.6 Å². The van der Waals surface area contributed by atoms with E-state index in [0.717, 1.165) is 6.07 Å². The highest BCUT2D eigenvalue weighted by Crippen LogP contribution is 2.39. The molecule has 14 heteroatoms. The molecule has 1 aromatic heterocycles. The molecule has 1 aliphatic heterocycles. The topological polar surface area (TPSA) is 220 Å². The highest BCUT2D eigenvalue weighted by atomic mass is 16.7. The van der Waals surface area contributed by atoms with Crippen molar-refractivity contribution in [3.8, 4) is 34.1 Å². The number of rotatable bonds is 7. The summed E-state index contributed by atoms with van der Waals surface area (Å²) >= 11 is 0. The van der Waals surface area contributed by atoms with Crippen molar-refractivity contribution in [3.63, 3.8) is 0 Å². The van der Waals surface area contributed by atoms with Gasteiger partial charge in [-0.05, 0) is 44.5 Å². The molecule has 1 fully saturated rings. The summed E-state index contributed by atoms with van der Waals surface area (Å²) in [5, 5.41) is 45.0. The van der Waals surface area contributed by atoms with Crippen LogP contribution in [0.25, 0.3) is 22.1 Å². The third kappa shape index (κ3) is 5.88. The van der Waals surface area contributed by atoms with Crippen LogP contribution in [0.1, 0.15) is 29.8 Å². The van der Waals surface area contributed by atoms with Crippen LogP contribution in [0.3, 0.4) is 0 Å². The molecule has 5 rings (SSSR count). The first kappa shape index (κ1) is 32.1. The van der Waals surface area contributed by atoms with Crippen LogP contribution in [0.4, 0.5) is 10.5 Å². The van der Waals surface area contributed by atoms with E-state index in [2.05, 4.69) is 5.32 Å². The van der Waals surface area contributed by atoms with E-state index in [4.69, 9.17) is 29.1 Å². The third-order valence-corrected chi connectivity index (χ3v) is 7.70. The number of primary amides is 1. The van der Waals surface area contributed by atoms with Crippen molar-refractivity contribution in [2.75, 3.05) is 12.4 Å². The summed E-state index contributed by atoms with van der Waals surface area (Å²) in [6, 6.07) is 13.6. The van der Waals surface area contributed by atoms with Gasteiger partial charge < -0.3 is 54.8 Å². The zero-order valence-corrected chi connectivity index (χ0v) is 25.1. The number of methoxy groups -OCH3 is 1. The Balaban J connectivity index is 1.45. The molecule has 0 saturated carbocycles. The number of benzene rings is 3. The molecule has 46 heavy (non-hydrogen) atoms. The summed E-state index contributed by atoms with van der Waals surface area (Å²) in [6.07, 6.45) is -6.22. The van der Waals surface area contributed by atoms with E-state index >= 15 is 0 Å². The van der Waals surface area contributed by atoms with Crippen LogP contribution < -0.4 is 21.4 Å². The molecule has 0 bridgehead atoms. The number of amides is 2. The normalized spacial score (nSPS) is 20.6. The second kappa shape index (κ2) is 12.2. The third-order valence-electron chi connectivity index (χ3n) is 7.70. The summed E-state index contributed by atoms with van der Waals surface area (Å²) in [5.41, 5.74) is 3.04. The number of anilines is 1. The van der Waals surface area contributed by atoms with Gasteiger partial charge in [0.15, 0.2) is 23.6 Å². The number of carbonyl (C=O) groups is 2. The Kier molecular flexibility index (Phi) is 8.54. The Morgan fingerprint density at radius 3 is 2.37 bits per heavy atom. The van der Waals surface area contributed by atoms with Gasteiger partial charge in [0, 0.05) is 24.3 Å². The van der Waals surface area contributed by atoms with E-state index in [9.17, 15) is 34.8 Å². The fraction of sp³-hybridized carbons (Fsp3) is 0.281. The lowest BCUT2D eigenvalue weighted by Crippen LogP contribution is -2.65. The van der Waals surface area contributed by atoms with Crippen LogP contribution in [0.15, 0.2) is 63.8 Å². The average molecular weight is 637 g/mol. The number of carbonyl (C=O) groups excluding carboxylic acids is 2. The predicted octanol–water partition coefficient (Wildman–Crippen LogP) is 3.49. The predicted molar refractivity (Wildman–Crippen MR) is 163 cm³/mol. The molecule has 0 unspecified atom stereocenters. The van der Waals surface area contributed by atoms with E-state index in [1.54, 1.807) is 44.2 Å². The Labute approximate surface area is 261 Å². The molecule has 4 aromatic rings. The van der Waals surface area contributed by atoms with Gasteiger partial charge in [0.1, 0.15) is 28.9 Å². The molecule has 4 atom stereocenters. The Bertz CT molecular complexity index is 1870. The number of nitrogens with two attached hydrogens (primary N) is 1. The maximum Gasteiger partial charge on any atom is 0.404 e. The molecule has 3 aromatic carbocycles. The number of hydrogen-bond donors (Lipinski definition) is 6. The number of aliphatic hydroxyl groups excluding tert-OH is 1. The van der Waals surface area contributed by atoms with Crippen molar-refractivity contribution in [1.29, 1.82) is 0 Å². The maximum absolute atomic E-state index is 13.2. The highest BCUT2D eigenvalue weighted by molar-refractivity contribution is 6.09. The second-order valence-corrected chi connectivity index (χ2v) is 11.1. The van der Waals surface area contributed by atoms with Crippen molar-refractivity contribution < 1.29 is 53.4 Å². The number of phenolic OH excluding ortho intramolecular Hbond substituents is 2. The molecular formula is C32H32N2O12. The monoisotopic (exact) mass is 636 g/mol. The summed E-state index contributed by atoms with van der Waals surface area (Å²) in [4.78, 5) is 37.7. The van der Waals surface area contributed by atoms with Crippen LogP contribution in [0.5, 0.6) is 23.0 Å². The first-order valence-electron chi connectivity index (χ1n) is 14.0. The Morgan fingerprint density at radius 1 is 1.02 bits per heavy atom. The number of fused-ring (bicyclic) bond motifs is 1. The number of ether oxygens (including phenoxy) is 4. The van der Waals surface area contributed by atoms with E-state index in [0.29, 0.717) is 5.56 Å². The first-order chi connectivity index (χ1) is 21.7. The number of nitrogens with one attached hydrogen (secondary N) is 1. The fourth-order valence-corrected chi connectivity index (χ4v) is 5.46. The summed E-state index contributed by atoms with van der Waals surface area (Å²) in [7, 11) is 1.36. The zero-order chi connectivity index (χ0) is 33.5. The Hall–Kier alpha value is -5.31. The maximum atomic E-state index is 13.2. The van der Waals surface area contributed by atoms with Gasteiger partial charge in [-0.25, -0.2) is 9.59 Å². The van der Waals surface area contributed by atoms with Gasteiger partial charge in [-0.1, -0.05) is 30.3 Å². The van der Waals surface area contributed by atoms with Crippen LogP contribution in [0, 0.1) is 6.92 Å². The number of aliphatic hydroxyl groups is 1. The van der Waals surface area contributed by atoms with Crippen LogP contribution >= 0.6 is 0 Å². The molecule has 2 amide bonds. The lowest BCUT2D eigenvalue weighted by molar-refractivity contribution is -0.304. The number of aryl methyl sites for hydroxylation is 1. The minimum absolute atomic E-state index is 0.0273. The van der Waals surface area contributed by atoms with E-state index in [1.807, 2.05) is 0 Å². The number of phenols is 2. The SMILES string of the molecule is CO[C@@H]1[C@@H](OC(N)=O)[C@@H](O)[C@H](Oc2ccc3c(O)c(NC(=O)c4cc(-c5ccccc5)c(O)cc4O)c(=O)oc3c2C)OC1(C)C. The zero-order valence-electron chi connectivity index (χ0n) is 25.1. The molecule has 1 saturated heterocycles. The highest BCUT2D eigenvalue weighted by Gasteiger charge is 2.53. The molecule has 1 aliphatic rings.